The zero-order valence-electron chi connectivity index (χ0n) is 32.3. The van der Waals surface area contributed by atoms with Gasteiger partial charge in [-0.15, -0.1) is 6.58 Å². The number of fused-ring (bicyclic) bond motifs is 5. The van der Waals surface area contributed by atoms with E-state index in [1.807, 2.05) is 32.9 Å². The van der Waals surface area contributed by atoms with Gasteiger partial charge in [-0.3, -0.25) is 19.1 Å². The van der Waals surface area contributed by atoms with Crippen molar-refractivity contribution in [1.82, 2.24) is 30.2 Å². The van der Waals surface area contributed by atoms with Crippen molar-refractivity contribution < 1.29 is 71.4 Å². The molecule has 3 heterocycles. The first-order valence-electron chi connectivity index (χ1n) is 18.9. The number of methoxy groups -OCH3 is 1. The molecule has 0 radical (unpaired) electrons. The predicted molar refractivity (Wildman–Crippen MR) is 197 cm³/mol. The average Bonchev–Trinajstić information content (AvgIpc) is 4.04. The summed E-state index contributed by atoms with van der Waals surface area (Å²) in [5.74, 6) is -1.39. The number of nitrogens with zero attached hydrogens (tertiary/aromatic N) is 3. The van der Waals surface area contributed by atoms with Crippen molar-refractivity contribution in [3.05, 3.63) is 36.5 Å². The molecule has 7 rings (SSSR count). The van der Waals surface area contributed by atoms with Crippen LogP contribution in [0.2, 0.25) is 0 Å². The molecule has 2 aliphatic heterocycles. The summed E-state index contributed by atoms with van der Waals surface area (Å²) in [5.41, 5.74) is -0.451. The molecule has 1 saturated heterocycles. The summed E-state index contributed by atoms with van der Waals surface area (Å²) in [7, 11) is -2.33. The summed E-state index contributed by atoms with van der Waals surface area (Å²) < 4.78 is 45.3. The Kier molecular flexibility index (Phi) is 11.8. The standard InChI is InChI=1S/C38H50N6O9S.Na/c1-6-22-19-38(22,35(47)43-54(49,50)25-13-14-25)42-32(45)29-18-24-20-44(29)34(46)31(37(2,3)4)41-36(48)53-30-16-21(30)10-8-7-9-11-27-33(52-24)40-28-17-23(51-5)12-15-26(28)39-27;/h6,12,15,17,21-22,24-25,29-31H,1,7-11,13-14,16,18-20H2,2-5H3,(H,41,48)(H,42,45)(H,43,47);/q;+1. The van der Waals surface area contributed by atoms with Crippen molar-refractivity contribution >= 4 is 44.9 Å². The zero-order chi connectivity index (χ0) is 38.6. The molecule has 7 unspecified atom stereocenters. The number of aryl methyl sites for hydroxylation is 1. The number of carbonyl (C=O) groups excluding carboxylic acids is 4. The van der Waals surface area contributed by atoms with E-state index in [1.165, 1.54) is 11.0 Å². The van der Waals surface area contributed by atoms with Gasteiger partial charge in [0.1, 0.15) is 41.3 Å². The Morgan fingerprint density at radius 3 is 2.51 bits per heavy atom. The van der Waals surface area contributed by atoms with Gasteiger partial charge < -0.3 is 29.7 Å². The summed E-state index contributed by atoms with van der Waals surface area (Å²) in [6.45, 7) is 9.18. The van der Waals surface area contributed by atoms with Crippen LogP contribution >= 0.6 is 0 Å². The molecule has 1 aromatic heterocycles. The molecule has 15 nitrogen and oxygen atoms in total. The summed E-state index contributed by atoms with van der Waals surface area (Å²) in [4.78, 5) is 66.8. The number of hydrogen-bond donors (Lipinski definition) is 3. The Balaban J connectivity index is 0.00000514. The Bertz CT molecular complexity index is 1970. The van der Waals surface area contributed by atoms with E-state index < -0.39 is 74.1 Å². The van der Waals surface area contributed by atoms with E-state index in [-0.39, 0.29) is 61.0 Å². The minimum Gasteiger partial charge on any atom is -0.497 e. The third-order valence-corrected chi connectivity index (χ3v) is 13.1. The number of rotatable bonds is 7. The van der Waals surface area contributed by atoms with Crippen LogP contribution in [0.3, 0.4) is 0 Å². The molecular weight excluding hydrogens is 740 g/mol. The second-order valence-corrected chi connectivity index (χ2v) is 18.4. The average molecular weight is 790 g/mol. The topological polar surface area (TPSA) is 195 Å². The normalized spacial score (nSPS) is 29.7. The van der Waals surface area contributed by atoms with Crippen LogP contribution in [0.5, 0.6) is 11.6 Å². The van der Waals surface area contributed by atoms with Gasteiger partial charge in [-0.1, -0.05) is 39.7 Å². The molecule has 4 amide bonds. The van der Waals surface area contributed by atoms with Crippen molar-refractivity contribution in [3.8, 4) is 11.6 Å². The number of carbonyl (C=O) groups is 4. The van der Waals surface area contributed by atoms with E-state index in [0.29, 0.717) is 47.6 Å². The van der Waals surface area contributed by atoms with Gasteiger partial charge in [0, 0.05) is 18.4 Å². The van der Waals surface area contributed by atoms with Crippen LogP contribution in [0.1, 0.15) is 84.3 Å². The summed E-state index contributed by atoms with van der Waals surface area (Å²) in [5, 5.41) is 4.96. The first-order chi connectivity index (χ1) is 25.6. The van der Waals surface area contributed by atoms with Crippen LogP contribution in [-0.4, -0.2) is 95.8 Å². The number of sulfonamides is 1. The van der Waals surface area contributed by atoms with Crippen molar-refractivity contribution in [1.29, 1.82) is 0 Å². The van der Waals surface area contributed by atoms with E-state index in [9.17, 15) is 27.6 Å². The van der Waals surface area contributed by atoms with Crippen molar-refractivity contribution in [3.63, 3.8) is 0 Å². The molecule has 17 heteroatoms. The smallest absolute Gasteiger partial charge is 0.497 e. The maximum atomic E-state index is 14.6. The Labute approximate surface area is 343 Å². The number of nitrogens with one attached hydrogen (secondary N) is 3. The van der Waals surface area contributed by atoms with Crippen LogP contribution in [0.15, 0.2) is 30.9 Å². The molecule has 3 N–H and O–H groups in total. The SMILES string of the molecule is C=CC1CC1(NC(=O)C1CC2CN1C(=O)C(C(C)(C)C)NC(=O)OC1CC1CCCCCc1nc3ccc(OC)cc3nc1O2)C(=O)NS(=O)(=O)C1CC1.[Na+]. The molecule has 292 valence electrons. The van der Waals surface area contributed by atoms with E-state index in [1.54, 1.807) is 13.2 Å². The van der Waals surface area contributed by atoms with Crippen molar-refractivity contribution in [2.24, 2.45) is 17.3 Å². The molecule has 55 heavy (non-hydrogen) atoms. The molecule has 5 aliphatic rings. The van der Waals surface area contributed by atoms with Crippen LogP contribution in [-0.2, 0) is 35.6 Å². The fourth-order valence-corrected chi connectivity index (χ4v) is 9.00. The van der Waals surface area contributed by atoms with Gasteiger partial charge in [0.25, 0.3) is 5.91 Å². The van der Waals surface area contributed by atoms with Gasteiger partial charge in [-0.2, -0.15) is 0 Å². The number of benzene rings is 1. The van der Waals surface area contributed by atoms with Gasteiger partial charge in [0.05, 0.1) is 29.9 Å². The number of alkyl carbamates (subject to hydrolysis) is 1. The predicted octanol–water partition coefficient (Wildman–Crippen LogP) is 0.306. The second-order valence-electron chi connectivity index (χ2n) is 16.5. The summed E-state index contributed by atoms with van der Waals surface area (Å²) in [6, 6.07) is 3.20. The Morgan fingerprint density at radius 2 is 1.84 bits per heavy atom. The monoisotopic (exact) mass is 789 g/mol. The maximum Gasteiger partial charge on any atom is 1.00 e. The van der Waals surface area contributed by atoms with Crippen LogP contribution in [0.25, 0.3) is 11.0 Å². The first-order valence-corrected chi connectivity index (χ1v) is 20.5. The molecular formula is C38H50N6NaO9S+. The van der Waals surface area contributed by atoms with Gasteiger partial charge >= 0.3 is 35.7 Å². The van der Waals surface area contributed by atoms with Crippen LogP contribution in [0.4, 0.5) is 4.79 Å². The number of aromatic nitrogens is 2. The van der Waals surface area contributed by atoms with Gasteiger partial charge in [-0.25, -0.2) is 23.2 Å². The molecule has 7 atom stereocenters. The third-order valence-electron chi connectivity index (χ3n) is 11.3. The van der Waals surface area contributed by atoms with Gasteiger partial charge in [0.15, 0.2) is 0 Å². The molecule has 1 aromatic carbocycles. The molecule has 3 aliphatic carbocycles. The molecule has 2 aromatic rings. The summed E-state index contributed by atoms with van der Waals surface area (Å²) in [6.07, 6.45) is 5.93. The number of ether oxygens (including phenoxy) is 3. The first kappa shape index (κ1) is 41.2. The quantitative estimate of drug-likeness (QED) is 0.258. The fourth-order valence-electron chi connectivity index (χ4n) is 7.64. The second kappa shape index (κ2) is 15.8. The molecule has 2 bridgehead atoms. The van der Waals surface area contributed by atoms with Crippen LogP contribution in [0, 0.1) is 17.3 Å². The number of hydrogen-bond acceptors (Lipinski definition) is 11. The summed E-state index contributed by atoms with van der Waals surface area (Å²) >= 11 is 0. The van der Waals surface area contributed by atoms with E-state index in [4.69, 9.17) is 24.2 Å². The Hall–Kier alpha value is -3.47. The molecule has 0 spiro atoms. The molecule has 3 saturated carbocycles. The largest absolute Gasteiger partial charge is 1.00 e. The van der Waals surface area contributed by atoms with Crippen molar-refractivity contribution in [2.45, 2.75) is 120 Å². The minimum atomic E-state index is -3.90. The third kappa shape index (κ3) is 8.92. The number of amides is 4. The van der Waals surface area contributed by atoms with E-state index in [0.717, 1.165) is 32.1 Å². The molecule has 4 fully saturated rings. The zero-order valence-corrected chi connectivity index (χ0v) is 35.1. The van der Waals surface area contributed by atoms with Crippen molar-refractivity contribution in [2.75, 3.05) is 13.7 Å². The maximum absolute atomic E-state index is 14.6. The van der Waals surface area contributed by atoms with Crippen LogP contribution < -0.4 is 54.4 Å². The van der Waals surface area contributed by atoms with Gasteiger partial charge in [-0.05, 0) is 68.4 Å². The minimum absolute atomic E-state index is 0. The van der Waals surface area contributed by atoms with Gasteiger partial charge in [0.2, 0.25) is 27.7 Å². The fraction of sp³-hybridized carbons (Fsp3) is 0.632. The van der Waals surface area contributed by atoms with E-state index in [2.05, 4.69) is 21.9 Å². The van der Waals surface area contributed by atoms with E-state index >= 15 is 0 Å². The Morgan fingerprint density at radius 1 is 1.07 bits per heavy atom.